The van der Waals surface area contributed by atoms with E-state index < -0.39 is 0 Å². The maximum Gasteiger partial charge on any atom is 0.150 e. The lowest BCUT2D eigenvalue weighted by Gasteiger charge is -2.10. The Kier molecular flexibility index (Phi) is 5.27. The smallest absolute Gasteiger partial charge is 0.150 e. The van der Waals surface area contributed by atoms with Crippen molar-refractivity contribution in [3.8, 4) is 17.0 Å². The third-order valence-corrected chi connectivity index (χ3v) is 3.98. The largest absolute Gasteiger partial charge is 0.497 e. The molecule has 1 N–H and O–H groups in total. The third-order valence-electron chi connectivity index (χ3n) is 3.98. The highest BCUT2D eigenvalue weighted by Gasteiger charge is 2.07. The fraction of sp³-hybridized carbons (Fsp3) is 0.190. The Hall–Kier alpha value is -3.21. The quantitative estimate of drug-likeness (QED) is 0.677. The standard InChI is InChI=1S/C21H21N3O2/c1-14-7-17(13-25)9-18(8-14)20-11-21(24-15(2)23-20)22-12-16-5-4-6-19(10-16)26-3/h4-11,13H,12H2,1-3H3,(H,22,23,24). The van der Waals surface area contributed by atoms with Gasteiger partial charge in [0, 0.05) is 23.7 Å². The van der Waals surface area contributed by atoms with Crippen molar-refractivity contribution in [3.63, 3.8) is 0 Å². The summed E-state index contributed by atoms with van der Waals surface area (Å²) in [4.78, 5) is 20.1. The van der Waals surface area contributed by atoms with Crippen molar-refractivity contribution in [1.29, 1.82) is 0 Å². The average Bonchev–Trinajstić information content (AvgIpc) is 2.65. The minimum absolute atomic E-state index is 0.625. The molecule has 0 amide bonds. The van der Waals surface area contributed by atoms with Gasteiger partial charge in [0.05, 0.1) is 12.8 Å². The van der Waals surface area contributed by atoms with E-state index in [9.17, 15) is 4.79 Å². The van der Waals surface area contributed by atoms with Crippen LogP contribution in [0.1, 0.15) is 27.3 Å². The minimum Gasteiger partial charge on any atom is -0.497 e. The number of aryl methyl sites for hydroxylation is 2. The number of methoxy groups -OCH3 is 1. The molecule has 0 spiro atoms. The number of benzene rings is 2. The average molecular weight is 347 g/mol. The first-order valence-electron chi connectivity index (χ1n) is 8.37. The van der Waals surface area contributed by atoms with Crippen molar-refractivity contribution >= 4 is 12.1 Å². The van der Waals surface area contributed by atoms with Crippen LogP contribution in [0, 0.1) is 13.8 Å². The molecule has 1 aromatic heterocycles. The lowest BCUT2D eigenvalue weighted by molar-refractivity contribution is 0.112. The van der Waals surface area contributed by atoms with Crippen LogP contribution in [0.5, 0.6) is 5.75 Å². The fourth-order valence-corrected chi connectivity index (χ4v) is 2.81. The summed E-state index contributed by atoms with van der Waals surface area (Å²) < 4.78 is 5.25. The van der Waals surface area contributed by atoms with Gasteiger partial charge in [0.2, 0.25) is 0 Å². The first-order chi connectivity index (χ1) is 12.6. The van der Waals surface area contributed by atoms with E-state index in [1.165, 1.54) is 0 Å². The summed E-state index contributed by atoms with van der Waals surface area (Å²) in [6, 6.07) is 15.5. The van der Waals surface area contributed by atoms with Gasteiger partial charge in [0.15, 0.2) is 0 Å². The van der Waals surface area contributed by atoms with Crippen LogP contribution >= 0.6 is 0 Å². The number of aldehydes is 1. The lowest BCUT2D eigenvalue weighted by atomic mass is 10.0. The van der Waals surface area contributed by atoms with Crippen LogP contribution in [0.15, 0.2) is 48.5 Å². The number of carbonyl (C=O) groups excluding carboxylic acids is 1. The number of rotatable bonds is 6. The normalized spacial score (nSPS) is 10.4. The predicted octanol–water partition coefficient (Wildman–Crippen LogP) is 4.19. The molecule has 3 aromatic rings. The van der Waals surface area contributed by atoms with Crippen LogP contribution in [0.2, 0.25) is 0 Å². The maximum absolute atomic E-state index is 11.1. The van der Waals surface area contributed by atoms with Gasteiger partial charge < -0.3 is 10.1 Å². The zero-order valence-corrected chi connectivity index (χ0v) is 15.1. The molecule has 0 saturated heterocycles. The van der Waals surface area contributed by atoms with Crippen molar-refractivity contribution < 1.29 is 9.53 Å². The monoisotopic (exact) mass is 347 g/mol. The van der Waals surface area contributed by atoms with Crippen molar-refractivity contribution in [2.24, 2.45) is 0 Å². The Balaban J connectivity index is 1.85. The molecular weight excluding hydrogens is 326 g/mol. The highest BCUT2D eigenvalue weighted by molar-refractivity contribution is 5.79. The van der Waals surface area contributed by atoms with Gasteiger partial charge in [-0.1, -0.05) is 12.1 Å². The number of ether oxygens (including phenoxy) is 1. The van der Waals surface area contributed by atoms with Gasteiger partial charge in [0.25, 0.3) is 0 Å². The molecule has 0 atom stereocenters. The zero-order valence-electron chi connectivity index (χ0n) is 15.1. The Bertz CT molecular complexity index is 938. The molecule has 2 aromatic carbocycles. The molecule has 1 heterocycles. The number of nitrogens with one attached hydrogen (secondary N) is 1. The Morgan fingerprint density at radius 3 is 2.69 bits per heavy atom. The summed E-state index contributed by atoms with van der Waals surface area (Å²) in [6.45, 7) is 4.45. The second kappa shape index (κ2) is 7.78. The molecule has 0 fully saturated rings. The van der Waals surface area contributed by atoms with E-state index in [0.717, 1.165) is 40.2 Å². The molecule has 0 bridgehead atoms. The van der Waals surface area contributed by atoms with Crippen LogP contribution in [-0.4, -0.2) is 23.4 Å². The Morgan fingerprint density at radius 2 is 1.92 bits per heavy atom. The van der Waals surface area contributed by atoms with Gasteiger partial charge in [-0.05, 0) is 55.3 Å². The number of hydrogen-bond donors (Lipinski definition) is 1. The van der Waals surface area contributed by atoms with Crippen LogP contribution < -0.4 is 10.1 Å². The van der Waals surface area contributed by atoms with Gasteiger partial charge >= 0.3 is 0 Å². The first kappa shape index (κ1) is 17.6. The number of hydrogen-bond acceptors (Lipinski definition) is 5. The molecule has 26 heavy (non-hydrogen) atoms. The molecule has 0 aliphatic heterocycles. The highest BCUT2D eigenvalue weighted by Crippen LogP contribution is 2.23. The van der Waals surface area contributed by atoms with Crippen LogP contribution in [0.25, 0.3) is 11.3 Å². The van der Waals surface area contributed by atoms with Crippen molar-refractivity contribution in [2.75, 3.05) is 12.4 Å². The van der Waals surface area contributed by atoms with E-state index >= 15 is 0 Å². The summed E-state index contributed by atoms with van der Waals surface area (Å²) in [7, 11) is 1.65. The highest BCUT2D eigenvalue weighted by atomic mass is 16.5. The van der Waals surface area contributed by atoms with Gasteiger partial charge in [-0.3, -0.25) is 4.79 Å². The molecule has 132 valence electrons. The number of carbonyl (C=O) groups is 1. The predicted molar refractivity (Wildman–Crippen MR) is 103 cm³/mol. The minimum atomic E-state index is 0.625. The molecule has 0 unspecified atom stereocenters. The van der Waals surface area contributed by atoms with E-state index in [2.05, 4.69) is 15.3 Å². The second-order valence-electron chi connectivity index (χ2n) is 6.14. The summed E-state index contributed by atoms with van der Waals surface area (Å²) in [5, 5.41) is 3.33. The van der Waals surface area contributed by atoms with Crippen LogP contribution in [0.4, 0.5) is 5.82 Å². The second-order valence-corrected chi connectivity index (χ2v) is 6.14. The van der Waals surface area contributed by atoms with Crippen LogP contribution in [0.3, 0.4) is 0 Å². The Labute approximate surface area is 153 Å². The maximum atomic E-state index is 11.1. The van der Waals surface area contributed by atoms with E-state index in [1.54, 1.807) is 7.11 Å². The van der Waals surface area contributed by atoms with E-state index in [4.69, 9.17) is 4.74 Å². The van der Waals surface area contributed by atoms with E-state index in [1.807, 2.05) is 62.4 Å². The summed E-state index contributed by atoms with van der Waals surface area (Å²) in [5.74, 6) is 2.24. The molecule has 0 aliphatic rings. The Morgan fingerprint density at radius 1 is 1.08 bits per heavy atom. The molecule has 0 saturated carbocycles. The molecular formula is C21H21N3O2. The lowest BCUT2D eigenvalue weighted by Crippen LogP contribution is -2.04. The van der Waals surface area contributed by atoms with E-state index in [-0.39, 0.29) is 0 Å². The molecule has 5 heteroatoms. The van der Waals surface area contributed by atoms with Crippen LogP contribution in [-0.2, 0) is 6.54 Å². The number of aromatic nitrogens is 2. The first-order valence-corrected chi connectivity index (χ1v) is 8.37. The number of nitrogens with zero attached hydrogens (tertiary/aromatic N) is 2. The summed E-state index contributed by atoms with van der Waals surface area (Å²) in [6.07, 6.45) is 0.854. The van der Waals surface area contributed by atoms with Gasteiger partial charge in [-0.25, -0.2) is 9.97 Å². The van der Waals surface area contributed by atoms with Crippen molar-refractivity contribution in [3.05, 3.63) is 71.0 Å². The molecule has 0 aliphatic carbocycles. The number of anilines is 1. The summed E-state index contributed by atoms with van der Waals surface area (Å²) in [5.41, 5.74) is 4.45. The molecule has 5 nitrogen and oxygen atoms in total. The third kappa shape index (κ3) is 4.25. The fourth-order valence-electron chi connectivity index (χ4n) is 2.81. The molecule has 3 rings (SSSR count). The van der Waals surface area contributed by atoms with Gasteiger partial charge in [-0.15, -0.1) is 0 Å². The zero-order chi connectivity index (χ0) is 18.5. The van der Waals surface area contributed by atoms with Gasteiger partial charge in [-0.2, -0.15) is 0 Å². The SMILES string of the molecule is COc1cccc(CNc2cc(-c3cc(C)cc(C=O)c3)nc(C)n2)c1. The molecule has 0 radical (unpaired) electrons. The van der Waals surface area contributed by atoms with Gasteiger partial charge in [0.1, 0.15) is 23.7 Å². The van der Waals surface area contributed by atoms with E-state index in [0.29, 0.717) is 17.9 Å². The van der Waals surface area contributed by atoms with Crippen molar-refractivity contribution in [1.82, 2.24) is 9.97 Å². The van der Waals surface area contributed by atoms with Crippen molar-refractivity contribution in [2.45, 2.75) is 20.4 Å². The topological polar surface area (TPSA) is 64.1 Å². The summed E-state index contributed by atoms with van der Waals surface area (Å²) >= 11 is 0.